The lowest BCUT2D eigenvalue weighted by Gasteiger charge is -2.06. The van der Waals surface area contributed by atoms with Crippen molar-refractivity contribution in [3.05, 3.63) is 65.2 Å². The molecule has 1 N–H and O–H groups in total. The van der Waals surface area contributed by atoms with Crippen LogP contribution >= 0.6 is 11.8 Å². The fourth-order valence-corrected chi connectivity index (χ4v) is 2.77. The summed E-state index contributed by atoms with van der Waals surface area (Å²) in [5.74, 6) is 1.27. The molecule has 0 unspecified atom stereocenters. The average Bonchev–Trinajstić information content (AvgIpc) is 2.62. The highest BCUT2D eigenvalue weighted by atomic mass is 32.2. The van der Waals surface area contributed by atoms with Gasteiger partial charge in [-0.25, -0.2) is 5.43 Å². The van der Waals surface area contributed by atoms with Crippen LogP contribution in [0.1, 0.15) is 16.7 Å². The lowest BCUT2D eigenvalue weighted by Crippen LogP contribution is -2.19. The number of hydrazone groups is 1. The maximum absolute atomic E-state index is 12.6. The van der Waals surface area contributed by atoms with Gasteiger partial charge in [0.05, 0.1) is 24.6 Å². The third kappa shape index (κ3) is 6.44. The van der Waals surface area contributed by atoms with Crippen LogP contribution in [0.15, 0.2) is 53.6 Å². The van der Waals surface area contributed by atoms with Gasteiger partial charge >= 0.3 is 6.18 Å². The van der Waals surface area contributed by atoms with Crippen LogP contribution in [0.5, 0.6) is 5.75 Å². The van der Waals surface area contributed by atoms with Crippen molar-refractivity contribution in [1.82, 2.24) is 5.43 Å². The number of benzene rings is 2. The Hall–Kier alpha value is -2.48. The SMILES string of the molecule is COc1ccc(CSCC(=O)N/N=C/c2cccc(C(F)(F)F)c2)cc1. The summed E-state index contributed by atoms with van der Waals surface area (Å²) in [7, 11) is 1.59. The number of alkyl halides is 3. The van der Waals surface area contributed by atoms with Crippen molar-refractivity contribution in [2.24, 2.45) is 5.10 Å². The van der Waals surface area contributed by atoms with E-state index in [1.807, 2.05) is 24.3 Å². The van der Waals surface area contributed by atoms with Gasteiger partial charge in [-0.15, -0.1) is 11.8 Å². The minimum absolute atomic E-state index is 0.186. The van der Waals surface area contributed by atoms with Crippen LogP contribution in [0.3, 0.4) is 0 Å². The monoisotopic (exact) mass is 382 g/mol. The molecule has 0 saturated carbocycles. The Labute approximate surface area is 153 Å². The van der Waals surface area contributed by atoms with E-state index in [2.05, 4.69) is 10.5 Å². The van der Waals surface area contributed by atoms with Crippen LogP contribution in [-0.2, 0) is 16.7 Å². The number of carbonyl (C=O) groups is 1. The Balaban J connectivity index is 1.76. The Morgan fingerprint density at radius 2 is 1.96 bits per heavy atom. The minimum Gasteiger partial charge on any atom is -0.497 e. The quantitative estimate of drug-likeness (QED) is 0.580. The van der Waals surface area contributed by atoms with Gasteiger partial charge in [0.1, 0.15) is 5.75 Å². The van der Waals surface area contributed by atoms with Crippen LogP contribution in [0.4, 0.5) is 13.2 Å². The summed E-state index contributed by atoms with van der Waals surface area (Å²) in [6.45, 7) is 0. The second kappa shape index (κ2) is 9.28. The number of rotatable bonds is 7. The average molecular weight is 382 g/mol. The molecule has 0 aliphatic rings. The number of hydrogen-bond acceptors (Lipinski definition) is 4. The summed E-state index contributed by atoms with van der Waals surface area (Å²) < 4.78 is 42.9. The Bertz CT molecular complexity index is 762. The van der Waals surface area contributed by atoms with Gasteiger partial charge in [-0.2, -0.15) is 18.3 Å². The zero-order valence-corrected chi connectivity index (χ0v) is 14.7. The highest BCUT2D eigenvalue weighted by molar-refractivity contribution is 7.99. The van der Waals surface area contributed by atoms with E-state index in [9.17, 15) is 18.0 Å². The molecular formula is C18H17F3N2O2S. The normalized spacial score (nSPS) is 11.5. The molecule has 4 nitrogen and oxygen atoms in total. The third-order valence-corrected chi connectivity index (χ3v) is 4.28. The van der Waals surface area contributed by atoms with Crippen molar-refractivity contribution in [3.8, 4) is 5.75 Å². The number of ether oxygens (including phenoxy) is 1. The highest BCUT2D eigenvalue weighted by Crippen LogP contribution is 2.29. The molecular weight excluding hydrogens is 365 g/mol. The summed E-state index contributed by atoms with van der Waals surface area (Å²) in [5, 5.41) is 3.69. The van der Waals surface area contributed by atoms with Crippen LogP contribution < -0.4 is 10.2 Å². The molecule has 8 heteroatoms. The molecule has 0 fully saturated rings. The summed E-state index contributed by atoms with van der Waals surface area (Å²) in [4.78, 5) is 11.7. The van der Waals surface area contributed by atoms with Gasteiger partial charge in [0, 0.05) is 5.75 Å². The second-order valence-electron chi connectivity index (χ2n) is 5.26. The molecule has 0 aliphatic carbocycles. The number of amides is 1. The van der Waals surface area contributed by atoms with Gasteiger partial charge in [0.25, 0.3) is 0 Å². The summed E-state index contributed by atoms with van der Waals surface area (Å²) in [6.07, 6.45) is -3.23. The van der Waals surface area contributed by atoms with Gasteiger partial charge in [-0.1, -0.05) is 24.3 Å². The first kappa shape index (κ1) is 19.8. The maximum atomic E-state index is 12.6. The number of carbonyl (C=O) groups excluding carboxylic acids is 1. The molecule has 2 aromatic carbocycles. The van der Waals surface area contributed by atoms with Crippen LogP contribution in [-0.4, -0.2) is 25.0 Å². The number of halogens is 3. The first-order valence-electron chi connectivity index (χ1n) is 7.58. The lowest BCUT2D eigenvalue weighted by molar-refractivity contribution is -0.137. The van der Waals surface area contributed by atoms with Crippen LogP contribution in [0.25, 0.3) is 0 Å². The molecule has 0 saturated heterocycles. The Kier molecular flexibility index (Phi) is 7.08. The van der Waals surface area contributed by atoms with Crippen molar-refractivity contribution in [3.63, 3.8) is 0 Å². The number of methoxy groups -OCH3 is 1. The molecule has 0 bridgehead atoms. The number of hydrogen-bond donors (Lipinski definition) is 1. The van der Waals surface area contributed by atoms with Crippen molar-refractivity contribution < 1.29 is 22.7 Å². The molecule has 26 heavy (non-hydrogen) atoms. The van der Waals surface area contributed by atoms with Crippen molar-refractivity contribution in [2.75, 3.05) is 12.9 Å². The molecule has 0 atom stereocenters. The summed E-state index contributed by atoms with van der Waals surface area (Å²) >= 11 is 1.40. The van der Waals surface area contributed by atoms with Crippen molar-refractivity contribution >= 4 is 23.9 Å². The topological polar surface area (TPSA) is 50.7 Å². The van der Waals surface area contributed by atoms with Gasteiger partial charge in [-0.05, 0) is 35.4 Å². The third-order valence-electron chi connectivity index (χ3n) is 3.28. The lowest BCUT2D eigenvalue weighted by atomic mass is 10.1. The maximum Gasteiger partial charge on any atom is 0.416 e. The first-order chi connectivity index (χ1) is 12.4. The number of thioether (sulfide) groups is 1. The zero-order valence-electron chi connectivity index (χ0n) is 13.9. The molecule has 2 rings (SSSR count). The van der Waals surface area contributed by atoms with Gasteiger partial charge in [-0.3, -0.25) is 4.79 Å². The van der Waals surface area contributed by atoms with Crippen LogP contribution in [0.2, 0.25) is 0 Å². The molecule has 0 aliphatic heterocycles. The summed E-state index contributed by atoms with van der Waals surface area (Å²) in [5.41, 5.74) is 2.85. The largest absolute Gasteiger partial charge is 0.497 e. The van der Waals surface area contributed by atoms with E-state index in [1.165, 1.54) is 30.1 Å². The fourth-order valence-electron chi connectivity index (χ4n) is 1.99. The molecule has 0 aromatic heterocycles. The predicted octanol–water partition coefficient (Wildman–Crippen LogP) is 4.10. The van der Waals surface area contributed by atoms with E-state index >= 15 is 0 Å². The standard InChI is InChI=1S/C18H17F3N2O2S/c1-25-16-7-5-13(6-8-16)11-26-12-17(24)23-22-10-14-3-2-4-15(9-14)18(19,20)21/h2-10H,11-12H2,1H3,(H,23,24)/b22-10+. The molecule has 1 amide bonds. The second-order valence-corrected chi connectivity index (χ2v) is 6.24. The van der Waals surface area contributed by atoms with E-state index in [0.717, 1.165) is 23.4 Å². The minimum atomic E-state index is -4.41. The predicted molar refractivity (Wildman–Crippen MR) is 96.3 cm³/mol. The highest BCUT2D eigenvalue weighted by Gasteiger charge is 2.30. The van der Waals surface area contributed by atoms with E-state index in [0.29, 0.717) is 5.75 Å². The van der Waals surface area contributed by atoms with E-state index in [4.69, 9.17) is 4.74 Å². The fraction of sp³-hybridized carbons (Fsp3) is 0.222. The van der Waals surface area contributed by atoms with Gasteiger partial charge in [0.2, 0.25) is 5.91 Å². The number of nitrogens with one attached hydrogen (secondary N) is 1. The zero-order chi connectivity index (χ0) is 19.0. The van der Waals surface area contributed by atoms with E-state index in [-0.39, 0.29) is 17.2 Å². The first-order valence-corrected chi connectivity index (χ1v) is 8.74. The molecule has 138 valence electrons. The van der Waals surface area contributed by atoms with E-state index in [1.54, 1.807) is 7.11 Å². The van der Waals surface area contributed by atoms with Crippen molar-refractivity contribution in [1.29, 1.82) is 0 Å². The Morgan fingerprint density at radius 3 is 2.62 bits per heavy atom. The smallest absolute Gasteiger partial charge is 0.416 e. The van der Waals surface area contributed by atoms with Crippen molar-refractivity contribution in [2.45, 2.75) is 11.9 Å². The number of nitrogens with zero attached hydrogens (tertiary/aromatic N) is 1. The molecule has 0 heterocycles. The molecule has 0 spiro atoms. The van der Waals surface area contributed by atoms with Crippen LogP contribution in [0, 0.1) is 0 Å². The van der Waals surface area contributed by atoms with E-state index < -0.39 is 11.7 Å². The molecule has 2 aromatic rings. The Morgan fingerprint density at radius 1 is 1.23 bits per heavy atom. The van der Waals surface area contributed by atoms with Gasteiger partial charge < -0.3 is 4.74 Å². The molecule has 0 radical (unpaired) electrons. The summed E-state index contributed by atoms with van der Waals surface area (Å²) in [6, 6.07) is 12.2. The van der Waals surface area contributed by atoms with Gasteiger partial charge in [0.15, 0.2) is 0 Å².